The van der Waals surface area contributed by atoms with Crippen LogP contribution in [0.4, 0.5) is 10.5 Å². The number of carbonyl (C=O) groups excluding carboxylic acids is 3. The number of hydrogen-bond acceptors (Lipinski definition) is 4. The van der Waals surface area contributed by atoms with Crippen LogP contribution in [0.25, 0.3) is 0 Å². The number of rotatable bonds is 5. The van der Waals surface area contributed by atoms with Crippen LogP contribution in [-0.2, 0) is 9.59 Å². The van der Waals surface area contributed by atoms with Crippen molar-refractivity contribution in [1.82, 2.24) is 15.1 Å². The fourth-order valence-corrected chi connectivity index (χ4v) is 1.80. The maximum Gasteiger partial charge on any atom is 0.325 e. The fourth-order valence-electron chi connectivity index (χ4n) is 1.54. The number of benzene rings is 1. The SMILES string of the molecule is CN(CC(=O)NC(=O)Nc1ccc(Br)cc1)CC(=O)N(C)C. The van der Waals surface area contributed by atoms with Crippen molar-refractivity contribution in [2.75, 3.05) is 39.5 Å². The van der Waals surface area contributed by atoms with Crippen molar-refractivity contribution in [2.45, 2.75) is 0 Å². The molecule has 0 fully saturated rings. The standard InChI is InChI=1S/C14H19BrN4O3/c1-18(2)13(21)9-19(3)8-12(20)17-14(22)16-11-6-4-10(15)5-7-11/h4-7H,8-9H2,1-3H3,(H2,16,17,20,22). The van der Waals surface area contributed by atoms with E-state index in [0.717, 1.165) is 4.47 Å². The van der Waals surface area contributed by atoms with E-state index in [0.29, 0.717) is 5.69 Å². The summed E-state index contributed by atoms with van der Waals surface area (Å²) in [6.45, 7) is 0.0576. The van der Waals surface area contributed by atoms with E-state index in [1.807, 2.05) is 0 Å². The molecule has 2 N–H and O–H groups in total. The van der Waals surface area contributed by atoms with Crippen molar-refractivity contribution >= 4 is 39.5 Å². The molecule has 0 aromatic heterocycles. The lowest BCUT2D eigenvalue weighted by atomic mass is 10.3. The number of nitrogens with one attached hydrogen (secondary N) is 2. The Morgan fingerprint density at radius 2 is 1.64 bits per heavy atom. The van der Waals surface area contributed by atoms with Gasteiger partial charge in [-0.2, -0.15) is 0 Å². The van der Waals surface area contributed by atoms with Gasteiger partial charge in [0.2, 0.25) is 11.8 Å². The second-order valence-electron chi connectivity index (χ2n) is 4.97. The van der Waals surface area contributed by atoms with Gasteiger partial charge < -0.3 is 10.2 Å². The highest BCUT2D eigenvalue weighted by atomic mass is 79.9. The molecule has 0 aliphatic carbocycles. The van der Waals surface area contributed by atoms with Crippen LogP contribution < -0.4 is 10.6 Å². The lowest BCUT2D eigenvalue weighted by Gasteiger charge is -2.18. The summed E-state index contributed by atoms with van der Waals surface area (Å²) in [4.78, 5) is 37.9. The molecule has 4 amide bonds. The third-order valence-electron chi connectivity index (χ3n) is 2.67. The quantitative estimate of drug-likeness (QED) is 0.813. The molecule has 0 bridgehead atoms. The Bertz CT molecular complexity index is 546. The monoisotopic (exact) mass is 370 g/mol. The molecule has 1 aromatic carbocycles. The maximum absolute atomic E-state index is 11.7. The lowest BCUT2D eigenvalue weighted by molar-refractivity contribution is -0.130. The molecule has 0 heterocycles. The first kappa shape index (κ1) is 18.1. The minimum Gasteiger partial charge on any atom is -0.348 e. The Hall–Kier alpha value is -1.93. The summed E-state index contributed by atoms with van der Waals surface area (Å²) in [5, 5.41) is 4.76. The predicted molar refractivity (Wildman–Crippen MR) is 87.5 cm³/mol. The average Bonchev–Trinajstić information content (AvgIpc) is 2.40. The molecule has 22 heavy (non-hydrogen) atoms. The van der Waals surface area contributed by atoms with E-state index in [-0.39, 0.29) is 19.0 Å². The van der Waals surface area contributed by atoms with Crippen molar-refractivity contribution in [3.8, 4) is 0 Å². The molecule has 0 saturated heterocycles. The van der Waals surface area contributed by atoms with E-state index in [1.54, 1.807) is 45.4 Å². The average molecular weight is 371 g/mol. The van der Waals surface area contributed by atoms with E-state index in [1.165, 1.54) is 9.80 Å². The largest absolute Gasteiger partial charge is 0.348 e. The zero-order valence-electron chi connectivity index (χ0n) is 12.7. The molecule has 0 radical (unpaired) electrons. The van der Waals surface area contributed by atoms with E-state index in [9.17, 15) is 14.4 Å². The molecule has 7 nitrogen and oxygen atoms in total. The van der Waals surface area contributed by atoms with Gasteiger partial charge >= 0.3 is 6.03 Å². The van der Waals surface area contributed by atoms with Gasteiger partial charge in [-0.05, 0) is 31.3 Å². The number of anilines is 1. The van der Waals surface area contributed by atoms with Gasteiger partial charge in [0.25, 0.3) is 0 Å². The van der Waals surface area contributed by atoms with E-state index in [2.05, 4.69) is 26.6 Å². The maximum atomic E-state index is 11.7. The number of nitrogens with zero attached hydrogens (tertiary/aromatic N) is 2. The van der Waals surface area contributed by atoms with Crippen LogP contribution >= 0.6 is 15.9 Å². The third kappa shape index (κ3) is 6.68. The Kier molecular flexibility index (Phi) is 7.00. The van der Waals surface area contributed by atoms with E-state index < -0.39 is 11.9 Å². The highest BCUT2D eigenvalue weighted by molar-refractivity contribution is 9.10. The third-order valence-corrected chi connectivity index (χ3v) is 3.20. The molecular formula is C14H19BrN4O3. The molecule has 1 rings (SSSR count). The van der Waals surface area contributed by atoms with Gasteiger partial charge in [-0.25, -0.2) is 4.79 Å². The summed E-state index contributed by atoms with van der Waals surface area (Å²) < 4.78 is 0.890. The van der Waals surface area contributed by atoms with Gasteiger partial charge in [0.1, 0.15) is 0 Å². The van der Waals surface area contributed by atoms with Gasteiger partial charge in [-0.15, -0.1) is 0 Å². The molecule has 0 aliphatic rings. The van der Waals surface area contributed by atoms with Crippen LogP contribution in [0, 0.1) is 0 Å². The van der Waals surface area contributed by atoms with Crippen molar-refractivity contribution in [2.24, 2.45) is 0 Å². The number of imide groups is 1. The van der Waals surface area contributed by atoms with Crippen LogP contribution in [0.15, 0.2) is 28.7 Å². The highest BCUT2D eigenvalue weighted by Crippen LogP contribution is 2.13. The predicted octanol–water partition coefficient (Wildman–Crippen LogP) is 1.12. The molecule has 0 saturated carbocycles. The fraction of sp³-hybridized carbons (Fsp3) is 0.357. The Morgan fingerprint density at radius 3 is 2.18 bits per heavy atom. The van der Waals surface area contributed by atoms with Gasteiger partial charge in [0, 0.05) is 24.3 Å². The molecule has 0 spiro atoms. The molecule has 1 aromatic rings. The van der Waals surface area contributed by atoms with Gasteiger partial charge in [-0.1, -0.05) is 15.9 Å². The van der Waals surface area contributed by atoms with Gasteiger partial charge in [-0.3, -0.25) is 19.8 Å². The minimum absolute atomic E-state index is 0.0483. The van der Waals surface area contributed by atoms with Crippen LogP contribution in [-0.4, -0.2) is 61.9 Å². The Labute approximate surface area is 137 Å². The first-order valence-corrected chi connectivity index (χ1v) is 7.32. The van der Waals surface area contributed by atoms with Crippen LogP contribution in [0.1, 0.15) is 0 Å². The Balaban J connectivity index is 2.39. The van der Waals surface area contributed by atoms with Gasteiger partial charge in [0.15, 0.2) is 0 Å². The normalized spacial score (nSPS) is 10.2. The summed E-state index contributed by atoms with van der Waals surface area (Å²) in [5.41, 5.74) is 0.574. The Morgan fingerprint density at radius 1 is 1.05 bits per heavy atom. The zero-order valence-corrected chi connectivity index (χ0v) is 14.3. The van der Waals surface area contributed by atoms with Crippen LogP contribution in [0.3, 0.4) is 0 Å². The lowest BCUT2D eigenvalue weighted by Crippen LogP contribution is -2.43. The summed E-state index contributed by atoms with van der Waals surface area (Å²) in [6, 6.07) is 6.35. The summed E-state index contributed by atoms with van der Waals surface area (Å²) in [6.07, 6.45) is 0. The number of likely N-dealkylation sites (N-methyl/N-ethyl adjacent to an activating group) is 2. The topological polar surface area (TPSA) is 81.8 Å². The molecule has 120 valence electrons. The van der Waals surface area contributed by atoms with Crippen molar-refractivity contribution in [3.05, 3.63) is 28.7 Å². The molecule has 0 unspecified atom stereocenters. The molecular weight excluding hydrogens is 352 g/mol. The smallest absolute Gasteiger partial charge is 0.325 e. The highest BCUT2D eigenvalue weighted by Gasteiger charge is 2.14. The van der Waals surface area contributed by atoms with Crippen molar-refractivity contribution < 1.29 is 14.4 Å². The first-order chi connectivity index (χ1) is 10.3. The summed E-state index contributed by atoms with van der Waals surface area (Å²) in [7, 11) is 4.91. The number of amides is 4. The number of halogens is 1. The number of hydrogen-bond donors (Lipinski definition) is 2. The van der Waals surface area contributed by atoms with Crippen LogP contribution in [0.2, 0.25) is 0 Å². The van der Waals surface area contributed by atoms with Gasteiger partial charge in [0.05, 0.1) is 13.1 Å². The van der Waals surface area contributed by atoms with E-state index >= 15 is 0 Å². The van der Waals surface area contributed by atoms with Crippen molar-refractivity contribution in [3.63, 3.8) is 0 Å². The summed E-state index contributed by atoms with van der Waals surface area (Å²) >= 11 is 3.29. The molecule has 0 aliphatic heterocycles. The number of carbonyl (C=O) groups is 3. The molecule has 0 atom stereocenters. The molecule has 8 heteroatoms. The van der Waals surface area contributed by atoms with Crippen molar-refractivity contribution in [1.29, 1.82) is 0 Å². The van der Waals surface area contributed by atoms with E-state index in [4.69, 9.17) is 0 Å². The second-order valence-corrected chi connectivity index (χ2v) is 5.89. The minimum atomic E-state index is -0.611. The second kappa shape index (κ2) is 8.50. The number of urea groups is 1. The summed E-state index contributed by atoms with van der Waals surface area (Å²) in [5.74, 6) is -0.599. The zero-order chi connectivity index (χ0) is 16.7. The van der Waals surface area contributed by atoms with Crippen LogP contribution in [0.5, 0.6) is 0 Å². The first-order valence-electron chi connectivity index (χ1n) is 6.53.